The van der Waals surface area contributed by atoms with Crippen molar-refractivity contribution >= 4 is 5.97 Å². The molecule has 0 radical (unpaired) electrons. The van der Waals surface area contributed by atoms with Crippen LogP contribution in [0.3, 0.4) is 0 Å². The number of aliphatic hydroxyl groups is 1. The molecule has 17 heavy (non-hydrogen) atoms. The molecule has 3 nitrogen and oxygen atoms in total. The first kappa shape index (κ1) is 14.3. The number of aliphatic carboxylic acids is 1. The molecule has 2 N–H and O–H groups in total. The van der Waals surface area contributed by atoms with Crippen molar-refractivity contribution in [3.8, 4) is 0 Å². The first-order valence-electron chi connectivity index (χ1n) is 5.69. The topological polar surface area (TPSA) is 57.5 Å². The van der Waals surface area contributed by atoms with Crippen LogP contribution in [0.1, 0.15) is 39.0 Å². The van der Waals surface area contributed by atoms with E-state index in [0.29, 0.717) is 6.42 Å². The summed E-state index contributed by atoms with van der Waals surface area (Å²) in [6.07, 6.45) is -6.20. The summed E-state index contributed by atoms with van der Waals surface area (Å²) >= 11 is 0. The minimum absolute atomic E-state index is 0.145. The van der Waals surface area contributed by atoms with E-state index in [2.05, 4.69) is 0 Å². The third kappa shape index (κ3) is 3.12. The molecule has 1 aliphatic rings. The van der Waals surface area contributed by atoms with Gasteiger partial charge in [0.05, 0.1) is 5.41 Å². The number of alkyl halides is 3. The van der Waals surface area contributed by atoms with Crippen molar-refractivity contribution in [1.29, 1.82) is 0 Å². The molecule has 0 aliphatic heterocycles. The van der Waals surface area contributed by atoms with Crippen molar-refractivity contribution in [1.82, 2.24) is 0 Å². The van der Waals surface area contributed by atoms with Crippen LogP contribution >= 0.6 is 0 Å². The summed E-state index contributed by atoms with van der Waals surface area (Å²) in [5, 5.41) is 18.1. The van der Waals surface area contributed by atoms with E-state index < -0.39 is 30.1 Å². The van der Waals surface area contributed by atoms with E-state index in [0.717, 1.165) is 6.42 Å². The van der Waals surface area contributed by atoms with Crippen LogP contribution in [0.2, 0.25) is 0 Å². The lowest BCUT2D eigenvalue weighted by molar-refractivity contribution is -0.214. The molecule has 0 heterocycles. The smallest absolute Gasteiger partial charge is 0.414 e. The molecule has 0 aromatic heterocycles. The van der Waals surface area contributed by atoms with Crippen molar-refractivity contribution in [2.24, 2.45) is 11.3 Å². The van der Waals surface area contributed by atoms with Crippen molar-refractivity contribution in [2.45, 2.75) is 51.3 Å². The van der Waals surface area contributed by atoms with Gasteiger partial charge in [-0.15, -0.1) is 0 Å². The van der Waals surface area contributed by atoms with Crippen molar-refractivity contribution in [3.63, 3.8) is 0 Å². The first-order valence-corrected chi connectivity index (χ1v) is 5.69. The van der Waals surface area contributed by atoms with Gasteiger partial charge in [-0.2, -0.15) is 13.2 Å². The second-order valence-corrected chi connectivity index (χ2v) is 4.86. The van der Waals surface area contributed by atoms with Gasteiger partial charge in [0.25, 0.3) is 0 Å². The van der Waals surface area contributed by atoms with E-state index in [1.54, 1.807) is 0 Å². The molecule has 1 rings (SSSR count). The zero-order chi connectivity index (χ0) is 13.3. The van der Waals surface area contributed by atoms with Crippen LogP contribution in [0.4, 0.5) is 13.2 Å². The SMILES string of the molecule is CCC1CCC(CC(O)C(F)(F)F)(C(=O)O)C1. The Morgan fingerprint density at radius 3 is 2.47 bits per heavy atom. The van der Waals surface area contributed by atoms with Crippen LogP contribution in [0.5, 0.6) is 0 Å². The van der Waals surface area contributed by atoms with Crippen LogP contribution in [0, 0.1) is 11.3 Å². The fraction of sp³-hybridized carbons (Fsp3) is 0.909. The molecular weight excluding hydrogens is 237 g/mol. The van der Waals surface area contributed by atoms with E-state index in [-0.39, 0.29) is 18.8 Å². The van der Waals surface area contributed by atoms with E-state index in [1.165, 1.54) is 0 Å². The van der Waals surface area contributed by atoms with Crippen LogP contribution in [0.15, 0.2) is 0 Å². The molecule has 3 atom stereocenters. The quantitative estimate of drug-likeness (QED) is 0.810. The number of carboxylic acids is 1. The van der Waals surface area contributed by atoms with Crippen molar-refractivity contribution in [2.75, 3.05) is 0 Å². The monoisotopic (exact) mass is 254 g/mol. The third-order valence-electron chi connectivity index (χ3n) is 3.70. The Hall–Kier alpha value is -0.780. The first-order chi connectivity index (χ1) is 7.71. The summed E-state index contributed by atoms with van der Waals surface area (Å²) in [4.78, 5) is 11.2. The zero-order valence-corrected chi connectivity index (χ0v) is 9.63. The van der Waals surface area contributed by atoms with Gasteiger partial charge >= 0.3 is 12.1 Å². The van der Waals surface area contributed by atoms with Crippen LogP contribution < -0.4 is 0 Å². The maximum absolute atomic E-state index is 12.3. The number of carboxylic acid groups (broad SMARTS) is 1. The lowest BCUT2D eigenvalue weighted by atomic mass is 9.79. The maximum atomic E-state index is 12.3. The molecule has 3 unspecified atom stereocenters. The standard InChI is InChI=1S/C11H17F3O3/c1-2-7-3-4-10(5-7,9(16)17)6-8(15)11(12,13)14/h7-8,15H,2-6H2,1H3,(H,16,17). The highest BCUT2D eigenvalue weighted by Gasteiger charge is 2.51. The van der Waals surface area contributed by atoms with Gasteiger partial charge in [0.1, 0.15) is 0 Å². The van der Waals surface area contributed by atoms with E-state index in [4.69, 9.17) is 10.2 Å². The molecule has 1 aliphatic carbocycles. The Balaban J connectivity index is 2.78. The van der Waals surface area contributed by atoms with E-state index in [1.807, 2.05) is 6.92 Å². The minimum atomic E-state index is -4.74. The van der Waals surface area contributed by atoms with E-state index in [9.17, 15) is 18.0 Å². The predicted molar refractivity (Wildman–Crippen MR) is 54.4 cm³/mol. The Morgan fingerprint density at radius 2 is 2.12 bits per heavy atom. The summed E-state index contributed by atoms with van der Waals surface area (Å²) in [7, 11) is 0. The van der Waals surface area contributed by atoms with Gasteiger partial charge in [-0.1, -0.05) is 13.3 Å². The summed E-state index contributed by atoms with van der Waals surface area (Å²) in [5.41, 5.74) is -1.41. The highest BCUT2D eigenvalue weighted by atomic mass is 19.4. The zero-order valence-electron chi connectivity index (χ0n) is 9.63. The highest BCUT2D eigenvalue weighted by molar-refractivity contribution is 5.75. The molecule has 1 fully saturated rings. The fourth-order valence-electron chi connectivity index (χ4n) is 2.54. The second-order valence-electron chi connectivity index (χ2n) is 4.86. The predicted octanol–water partition coefficient (Wildman–Crippen LogP) is 2.58. The lowest BCUT2D eigenvalue weighted by Gasteiger charge is -2.28. The molecule has 100 valence electrons. The molecule has 0 amide bonds. The molecule has 0 saturated heterocycles. The second kappa shape index (κ2) is 4.84. The Labute approximate surface area is 97.6 Å². The van der Waals surface area contributed by atoms with Gasteiger partial charge < -0.3 is 10.2 Å². The molecule has 0 bridgehead atoms. The lowest BCUT2D eigenvalue weighted by Crippen LogP contribution is -2.39. The van der Waals surface area contributed by atoms with Gasteiger partial charge in [-0.05, 0) is 31.6 Å². The molecule has 0 spiro atoms. The largest absolute Gasteiger partial charge is 0.481 e. The van der Waals surface area contributed by atoms with Gasteiger partial charge in [0, 0.05) is 0 Å². The Bertz CT molecular complexity index is 290. The van der Waals surface area contributed by atoms with Crippen LogP contribution in [0.25, 0.3) is 0 Å². The number of rotatable bonds is 4. The number of halogens is 3. The van der Waals surface area contributed by atoms with Gasteiger partial charge in [-0.3, -0.25) is 4.79 Å². The summed E-state index contributed by atoms with van der Waals surface area (Å²) in [5.74, 6) is -1.08. The Kier molecular flexibility index (Phi) is 4.06. The van der Waals surface area contributed by atoms with Gasteiger partial charge in [0.2, 0.25) is 0 Å². The van der Waals surface area contributed by atoms with Crippen LogP contribution in [-0.2, 0) is 4.79 Å². The highest BCUT2D eigenvalue weighted by Crippen LogP contribution is 2.48. The third-order valence-corrected chi connectivity index (χ3v) is 3.70. The molecule has 1 saturated carbocycles. The average molecular weight is 254 g/mol. The molecule has 0 aromatic carbocycles. The normalized spacial score (nSPS) is 31.5. The number of aliphatic hydroxyl groups excluding tert-OH is 1. The number of hydrogen-bond donors (Lipinski definition) is 2. The van der Waals surface area contributed by atoms with E-state index >= 15 is 0 Å². The molecular formula is C11H17F3O3. The fourth-order valence-corrected chi connectivity index (χ4v) is 2.54. The minimum Gasteiger partial charge on any atom is -0.481 e. The molecule has 6 heteroatoms. The van der Waals surface area contributed by atoms with Crippen molar-refractivity contribution in [3.05, 3.63) is 0 Å². The van der Waals surface area contributed by atoms with Crippen LogP contribution in [-0.4, -0.2) is 28.5 Å². The molecule has 0 aromatic rings. The summed E-state index contributed by atoms with van der Waals surface area (Å²) in [6.45, 7) is 1.89. The van der Waals surface area contributed by atoms with Crippen molar-refractivity contribution < 1.29 is 28.2 Å². The van der Waals surface area contributed by atoms with Gasteiger partial charge in [0.15, 0.2) is 6.10 Å². The average Bonchev–Trinajstić information content (AvgIpc) is 2.61. The summed E-state index contributed by atoms with van der Waals surface area (Å²) in [6, 6.07) is 0. The van der Waals surface area contributed by atoms with Gasteiger partial charge in [-0.25, -0.2) is 0 Å². The summed E-state index contributed by atoms with van der Waals surface area (Å²) < 4.78 is 36.8. The Morgan fingerprint density at radius 1 is 1.53 bits per heavy atom. The maximum Gasteiger partial charge on any atom is 0.414 e. The number of hydrogen-bond acceptors (Lipinski definition) is 2. The number of carbonyl (C=O) groups is 1.